The Morgan fingerprint density at radius 3 is 2.95 bits per heavy atom. The third kappa shape index (κ3) is 2.30. The molecule has 1 atom stereocenters. The maximum atomic E-state index is 9.04. The normalized spacial score (nSPS) is 18.0. The lowest BCUT2D eigenvalue weighted by molar-refractivity contribution is 0.461. The molecule has 0 saturated carbocycles. The van der Waals surface area contributed by atoms with E-state index in [4.69, 9.17) is 27.0 Å². The molecule has 0 bridgehead atoms. The first-order valence-corrected chi connectivity index (χ1v) is 7.04. The fourth-order valence-electron chi connectivity index (χ4n) is 2.77. The third-order valence-electron chi connectivity index (χ3n) is 3.78. The van der Waals surface area contributed by atoms with Crippen LogP contribution in [-0.2, 0) is 0 Å². The first-order chi connectivity index (χ1) is 10.1. The minimum Gasteiger partial charge on any atom is -0.406 e. The van der Waals surface area contributed by atoms with Crippen molar-refractivity contribution in [3.63, 3.8) is 0 Å². The molecule has 3 rings (SSSR count). The molecule has 2 aromatic rings. The second-order valence-corrected chi connectivity index (χ2v) is 5.39. The summed E-state index contributed by atoms with van der Waals surface area (Å²) in [7, 11) is 0. The van der Waals surface area contributed by atoms with E-state index in [0.717, 1.165) is 30.6 Å². The summed E-state index contributed by atoms with van der Waals surface area (Å²) < 4.78 is 5.36. The number of nitriles is 1. The maximum absolute atomic E-state index is 9.04. The highest BCUT2D eigenvalue weighted by Gasteiger charge is 2.31. The fraction of sp³-hybridized carbons (Fsp3) is 0.357. The van der Waals surface area contributed by atoms with Gasteiger partial charge in [-0.1, -0.05) is 16.7 Å². The molecular formula is C14H14ClN5O. The van der Waals surface area contributed by atoms with Crippen LogP contribution in [0.3, 0.4) is 0 Å². The Hall–Kier alpha value is -2.26. The zero-order valence-corrected chi connectivity index (χ0v) is 12.3. The molecule has 21 heavy (non-hydrogen) atoms. The summed E-state index contributed by atoms with van der Waals surface area (Å²) in [5.74, 6) is 0.518. The molecule has 6 nitrogen and oxygen atoms in total. The number of halogens is 1. The number of nitrogens with two attached hydrogens (primary N) is 1. The Kier molecular flexibility index (Phi) is 3.43. The van der Waals surface area contributed by atoms with Crippen LogP contribution in [0.2, 0.25) is 5.02 Å². The van der Waals surface area contributed by atoms with E-state index in [-0.39, 0.29) is 12.1 Å². The number of nitrogen functional groups attached to an aromatic ring is 1. The zero-order valence-electron chi connectivity index (χ0n) is 11.5. The quantitative estimate of drug-likeness (QED) is 0.917. The van der Waals surface area contributed by atoms with Gasteiger partial charge in [0.15, 0.2) is 0 Å². The van der Waals surface area contributed by atoms with Gasteiger partial charge in [-0.2, -0.15) is 5.26 Å². The summed E-state index contributed by atoms with van der Waals surface area (Å²) in [6.45, 7) is 2.78. The number of aromatic nitrogens is 2. The highest BCUT2D eigenvalue weighted by atomic mass is 35.5. The molecule has 0 spiro atoms. The Labute approximate surface area is 127 Å². The molecule has 108 valence electrons. The van der Waals surface area contributed by atoms with Gasteiger partial charge in [0.25, 0.3) is 0 Å². The molecule has 1 aromatic carbocycles. The maximum Gasteiger partial charge on any atom is 0.312 e. The molecule has 1 aliphatic heterocycles. The third-order valence-corrected chi connectivity index (χ3v) is 4.27. The van der Waals surface area contributed by atoms with E-state index >= 15 is 0 Å². The van der Waals surface area contributed by atoms with Gasteiger partial charge < -0.3 is 15.1 Å². The number of hydrogen-bond acceptors (Lipinski definition) is 6. The Morgan fingerprint density at radius 2 is 2.29 bits per heavy atom. The molecule has 1 unspecified atom stereocenters. The van der Waals surface area contributed by atoms with E-state index in [1.807, 2.05) is 13.0 Å². The second kappa shape index (κ2) is 5.26. The summed E-state index contributed by atoms with van der Waals surface area (Å²) >= 11 is 6.25. The van der Waals surface area contributed by atoms with E-state index < -0.39 is 0 Å². The van der Waals surface area contributed by atoms with Crippen molar-refractivity contribution in [2.24, 2.45) is 0 Å². The predicted molar refractivity (Wildman–Crippen MR) is 78.9 cm³/mol. The Morgan fingerprint density at radius 1 is 1.48 bits per heavy atom. The van der Waals surface area contributed by atoms with E-state index in [2.05, 4.69) is 21.2 Å². The van der Waals surface area contributed by atoms with Crippen molar-refractivity contribution in [1.82, 2.24) is 10.2 Å². The van der Waals surface area contributed by atoms with Gasteiger partial charge in [-0.15, -0.1) is 5.10 Å². The van der Waals surface area contributed by atoms with Crippen LogP contribution in [0.15, 0.2) is 16.5 Å². The standard InChI is InChI=1S/C14H14ClN5O/c1-8-10(5-4-9(7-16)12(8)15)20-6-2-3-11(20)13-18-19-14(17)21-13/h4-5,11H,2-3,6H2,1H3,(H2,17,19). The zero-order chi connectivity index (χ0) is 15.0. The monoisotopic (exact) mass is 303 g/mol. The van der Waals surface area contributed by atoms with Crippen LogP contribution in [0, 0.1) is 18.3 Å². The largest absolute Gasteiger partial charge is 0.406 e. The predicted octanol–water partition coefficient (Wildman–Crippen LogP) is 2.83. The van der Waals surface area contributed by atoms with Crippen LogP contribution in [0.1, 0.15) is 35.9 Å². The summed E-state index contributed by atoms with van der Waals surface area (Å²) in [6.07, 6.45) is 1.93. The highest BCUT2D eigenvalue weighted by Crippen LogP contribution is 2.39. The molecule has 2 N–H and O–H groups in total. The van der Waals surface area contributed by atoms with Crippen LogP contribution in [0.5, 0.6) is 0 Å². The SMILES string of the molecule is Cc1c(N2CCCC2c2nnc(N)o2)ccc(C#N)c1Cl. The van der Waals surface area contributed by atoms with Crippen LogP contribution >= 0.6 is 11.6 Å². The lowest BCUT2D eigenvalue weighted by Gasteiger charge is -2.26. The molecule has 1 saturated heterocycles. The summed E-state index contributed by atoms with van der Waals surface area (Å²) in [5.41, 5.74) is 7.86. The summed E-state index contributed by atoms with van der Waals surface area (Å²) in [5, 5.41) is 17.2. The van der Waals surface area contributed by atoms with Gasteiger partial charge in [0, 0.05) is 12.2 Å². The minimum atomic E-state index is -0.00231. The molecular weight excluding hydrogens is 290 g/mol. The van der Waals surface area contributed by atoms with Crippen LogP contribution in [0.4, 0.5) is 11.7 Å². The van der Waals surface area contributed by atoms with E-state index in [1.165, 1.54) is 0 Å². The summed E-state index contributed by atoms with van der Waals surface area (Å²) in [6, 6.07) is 5.82. The van der Waals surface area contributed by atoms with Crippen LogP contribution in [-0.4, -0.2) is 16.7 Å². The van der Waals surface area contributed by atoms with Gasteiger partial charge in [-0.05, 0) is 37.5 Å². The number of nitrogens with zero attached hydrogens (tertiary/aromatic N) is 4. The smallest absolute Gasteiger partial charge is 0.312 e. The molecule has 0 aliphatic carbocycles. The van der Waals surface area contributed by atoms with Crippen molar-refractivity contribution in [1.29, 1.82) is 5.26 Å². The first kappa shape index (κ1) is 13.7. The van der Waals surface area contributed by atoms with Crippen molar-refractivity contribution in [2.45, 2.75) is 25.8 Å². The van der Waals surface area contributed by atoms with Gasteiger partial charge >= 0.3 is 6.01 Å². The molecule has 7 heteroatoms. The van der Waals surface area contributed by atoms with Crippen LogP contribution < -0.4 is 10.6 Å². The van der Waals surface area contributed by atoms with Gasteiger partial charge in [0.05, 0.1) is 10.6 Å². The Balaban J connectivity index is 2.00. The van der Waals surface area contributed by atoms with Crippen molar-refractivity contribution < 1.29 is 4.42 Å². The van der Waals surface area contributed by atoms with Crippen molar-refractivity contribution in [3.8, 4) is 6.07 Å². The average Bonchev–Trinajstić information content (AvgIpc) is 3.10. The van der Waals surface area contributed by atoms with Crippen molar-refractivity contribution in [2.75, 3.05) is 17.2 Å². The van der Waals surface area contributed by atoms with Crippen molar-refractivity contribution >= 4 is 23.3 Å². The molecule has 2 heterocycles. The second-order valence-electron chi connectivity index (χ2n) is 5.01. The van der Waals surface area contributed by atoms with E-state index in [1.54, 1.807) is 6.07 Å². The summed E-state index contributed by atoms with van der Waals surface area (Å²) in [4.78, 5) is 2.18. The number of hydrogen-bond donors (Lipinski definition) is 1. The fourth-order valence-corrected chi connectivity index (χ4v) is 2.97. The van der Waals surface area contributed by atoms with Crippen molar-refractivity contribution in [3.05, 3.63) is 34.2 Å². The van der Waals surface area contributed by atoms with E-state index in [9.17, 15) is 0 Å². The highest BCUT2D eigenvalue weighted by molar-refractivity contribution is 6.32. The molecule has 0 amide bonds. The van der Waals surface area contributed by atoms with Crippen LogP contribution in [0.25, 0.3) is 0 Å². The minimum absolute atomic E-state index is 0.00231. The molecule has 1 fully saturated rings. The lowest BCUT2D eigenvalue weighted by Crippen LogP contribution is -2.23. The lowest BCUT2D eigenvalue weighted by atomic mass is 10.1. The molecule has 1 aliphatic rings. The van der Waals surface area contributed by atoms with E-state index in [0.29, 0.717) is 16.5 Å². The van der Waals surface area contributed by atoms with Gasteiger partial charge in [-0.3, -0.25) is 0 Å². The van der Waals surface area contributed by atoms with Gasteiger partial charge in [-0.25, -0.2) is 0 Å². The topological polar surface area (TPSA) is 92.0 Å². The average molecular weight is 304 g/mol. The first-order valence-electron chi connectivity index (χ1n) is 6.66. The molecule has 0 radical (unpaired) electrons. The number of anilines is 2. The van der Waals surface area contributed by atoms with Gasteiger partial charge in [0.2, 0.25) is 5.89 Å². The van der Waals surface area contributed by atoms with Gasteiger partial charge in [0.1, 0.15) is 12.1 Å². The Bertz CT molecular complexity index is 721. The number of benzene rings is 1. The number of rotatable bonds is 2. The molecule has 1 aromatic heterocycles.